The Morgan fingerprint density at radius 1 is 0.938 bits per heavy atom. The van der Waals surface area contributed by atoms with E-state index in [2.05, 4.69) is 10.6 Å². The highest BCUT2D eigenvalue weighted by Crippen LogP contribution is 2.27. The molecule has 8 nitrogen and oxygen atoms in total. The van der Waals surface area contributed by atoms with Crippen LogP contribution >= 0.6 is 23.2 Å². The van der Waals surface area contributed by atoms with Crippen LogP contribution in [0.25, 0.3) is 0 Å². The molecule has 0 radical (unpaired) electrons. The summed E-state index contributed by atoms with van der Waals surface area (Å²) in [5.74, 6) is -0.276. The predicted octanol–water partition coefficient (Wildman–Crippen LogP) is 2.63. The van der Waals surface area contributed by atoms with Gasteiger partial charge in [0, 0.05) is 32.7 Å². The van der Waals surface area contributed by atoms with Crippen LogP contribution < -0.4 is 10.6 Å². The molecule has 11 heteroatoms. The Kier molecular flexibility index (Phi) is 8.00. The molecule has 172 valence electrons. The average Bonchev–Trinajstić information content (AvgIpc) is 2.79. The highest BCUT2D eigenvalue weighted by Gasteiger charge is 2.30. The van der Waals surface area contributed by atoms with E-state index in [4.69, 9.17) is 23.2 Å². The third-order valence-electron chi connectivity index (χ3n) is 5.09. The van der Waals surface area contributed by atoms with Gasteiger partial charge in [-0.1, -0.05) is 53.0 Å². The van der Waals surface area contributed by atoms with Gasteiger partial charge >= 0.3 is 6.03 Å². The maximum atomic E-state index is 12.8. The first kappa shape index (κ1) is 24.3. The summed E-state index contributed by atoms with van der Waals surface area (Å²) >= 11 is 11.8. The number of benzene rings is 2. The second-order valence-electron chi connectivity index (χ2n) is 7.38. The van der Waals surface area contributed by atoms with Gasteiger partial charge in [-0.15, -0.1) is 0 Å². The number of rotatable bonds is 6. The molecule has 0 spiro atoms. The highest BCUT2D eigenvalue weighted by atomic mass is 35.5. The first-order chi connectivity index (χ1) is 15.2. The Morgan fingerprint density at radius 3 is 2.22 bits per heavy atom. The van der Waals surface area contributed by atoms with Gasteiger partial charge in [0.1, 0.15) is 0 Å². The molecule has 32 heavy (non-hydrogen) atoms. The van der Waals surface area contributed by atoms with Gasteiger partial charge in [-0.2, -0.15) is 4.31 Å². The van der Waals surface area contributed by atoms with Gasteiger partial charge in [-0.05, 0) is 30.7 Å². The van der Waals surface area contributed by atoms with Crippen molar-refractivity contribution in [2.45, 2.75) is 18.4 Å². The molecule has 1 aliphatic heterocycles. The van der Waals surface area contributed by atoms with Crippen molar-refractivity contribution in [2.75, 3.05) is 32.7 Å². The van der Waals surface area contributed by atoms with Crippen molar-refractivity contribution >= 4 is 45.2 Å². The minimum atomic E-state index is -3.74. The van der Waals surface area contributed by atoms with E-state index in [1.807, 2.05) is 31.2 Å². The molecular formula is C21H24Cl2N4O4S. The number of urea groups is 1. The van der Waals surface area contributed by atoms with E-state index in [-0.39, 0.29) is 53.6 Å². The molecule has 0 bridgehead atoms. The summed E-state index contributed by atoms with van der Waals surface area (Å²) in [6.45, 7) is 2.92. The van der Waals surface area contributed by atoms with Crippen LogP contribution in [0, 0.1) is 6.92 Å². The van der Waals surface area contributed by atoms with Crippen LogP contribution in [0.2, 0.25) is 10.0 Å². The van der Waals surface area contributed by atoms with Crippen molar-refractivity contribution in [3.8, 4) is 0 Å². The second kappa shape index (κ2) is 10.5. The Bertz CT molecular complexity index is 1090. The summed E-state index contributed by atoms with van der Waals surface area (Å²) in [6, 6.07) is 11.5. The van der Waals surface area contributed by atoms with Crippen LogP contribution in [0.3, 0.4) is 0 Å². The molecule has 0 aliphatic carbocycles. The lowest BCUT2D eigenvalue weighted by Crippen LogP contribution is -2.53. The molecule has 2 aromatic carbocycles. The Morgan fingerprint density at radius 2 is 1.59 bits per heavy atom. The number of piperazine rings is 1. The van der Waals surface area contributed by atoms with E-state index in [9.17, 15) is 18.0 Å². The number of carbonyl (C=O) groups excluding carboxylic acids is 2. The van der Waals surface area contributed by atoms with Gasteiger partial charge in [0.05, 0.1) is 21.5 Å². The minimum Gasteiger partial charge on any atom is -0.339 e. The monoisotopic (exact) mass is 498 g/mol. The summed E-state index contributed by atoms with van der Waals surface area (Å²) in [4.78, 5) is 26.0. The van der Waals surface area contributed by atoms with Crippen molar-refractivity contribution in [3.63, 3.8) is 0 Å². The molecule has 3 rings (SSSR count). The third kappa shape index (κ3) is 6.13. The standard InChI is InChI=1S/C21H24Cl2N4O4S/c1-15-2-4-16(5-3-15)13-24-21(29)25-14-20(28)26-8-10-27(11-9-26)32(30,31)17-6-7-18(22)19(23)12-17/h2-7,12H,8-11,13-14H2,1H3,(H2,24,25,29). The summed E-state index contributed by atoms with van der Waals surface area (Å²) in [7, 11) is -3.74. The lowest BCUT2D eigenvalue weighted by atomic mass is 10.1. The summed E-state index contributed by atoms with van der Waals surface area (Å²) in [5.41, 5.74) is 2.09. The zero-order valence-corrected chi connectivity index (χ0v) is 19.8. The van der Waals surface area contributed by atoms with Gasteiger partial charge in [0.15, 0.2) is 0 Å². The third-order valence-corrected chi connectivity index (χ3v) is 7.73. The fourth-order valence-electron chi connectivity index (χ4n) is 3.18. The number of nitrogens with one attached hydrogen (secondary N) is 2. The van der Waals surface area contributed by atoms with E-state index in [1.54, 1.807) is 0 Å². The maximum Gasteiger partial charge on any atom is 0.315 e. The Hall–Kier alpha value is -2.33. The van der Waals surface area contributed by atoms with Crippen molar-refractivity contribution in [2.24, 2.45) is 0 Å². The molecule has 0 saturated carbocycles. The van der Waals surface area contributed by atoms with Crippen LogP contribution in [0.4, 0.5) is 4.79 Å². The minimum absolute atomic E-state index is 0.0543. The Labute approximate surface area is 197 Å². The molecule has 0 atom stereocenters. The zero-order valence-electron chi connectivity index (χ0n) is 17.5. The average molecular weight is 499 g/mol. The predicted molar refractivity (Wildman–Crippen MR) is 123 cm³/mol. The van der Waals surface area contributed by atoms with Crippen LogP contribution in [0.1, 0.15) is 11.1 Å². The lowest BCUT2D eigenvalue weighted by Gasteiger charge is -2.34. The number of amides is 3. The van der Waals surface area contributed by atoms with E-state index in [0.717, 1.165) is 11.1 Å². The van der Waals surface area contributed by atoms with Crippen molar-refractivity contribution < 1.29 is 18.0 Å². The molecule has 0 unspecified atom stereocenters. The van der Waals surface area contributed by atoms with Gasteiger partial charge in [0.2, 0.25) is 15.9 Å². The largest absolute Gasteiger partial charge is 0.339 e. The number of halogens is 2. The number of nitrogens with zero attached hydrogens (tertiary/aromatic N) is 2. The number of hydrogen-bond donors (Lipinski definition) is 2. The first-order valence-electron chi connectivity index (χ1n) is 9.97. The SMILES string of the molecule is Cc1ccc(CNC(=O)NCC(=O)N2CCN(S(=O)(=O)c3ccc(Cl)c(Cl)c3)CC2)cc1. The number of aryl methyl sites for hydroxylation is 1. The summed E-state index contributed by atoms with van der Waals surface area (Å²) < 4.78 is 26.9. The van der Waals surface area contributed by atoms with Gasteiger partial charge in [-0.25, -0.2) is 13.2 Å². The first-order valence-corrected chi connectivity index (χ1v) is 12.2. The quantitative estimate of drug-likeness (QED) is 0.639. The zero-order chi connectivity index (χ0) is 23.3. The van der Waals surface area contributed by atoms with E-state index in [1.165, 1.54) is 27.4 Å². The number of hydrogen-bond acceptors (Lipinski definition) is 4. The number of sulfonamides is 1. The second-order valence-corrected chi connectivity index (χ2v) is 10.1. The van der Waals surface area contributed by atoms with Crippen LogP contribution in [0.15, 0.2) is 47.4 Å². The van der Waals surface area contributed by atoms with E-state index >= 15 is 0 Å². The van der Waals surface area contributed by atoms with Crippen LogP contribution in [0.5, 0.6) is 0 Å². The molecule has 2 N–H and O–H groups in total. The fourth-order valence-corrected chi connectivity index (χ4v) is 4.99. The molecule has 0 aromatic heterocycles. The van der Waals surface area contributed by atoms with Crippen molar-refractivity contribution in [1.29, 1.82) is 0 Å². The van der Waals surface area contributed by atoms with Crippen molar-refractivity contribution in [3.05, 3.63) is 63.6 Å². The van der Waals surface area contributed by atoms with E-state index < -0.39 is 16.1 Å². The van der Waals surface area contributed by atoms with Crippen molar-refractivity contribution in [1.82, 2.24) is 19.8 Å². The van der Waals surface area contributed by atoms with Crippen LogP contribution in [-0.4, -0.2) is 62.3 Å². The molecular weight excluding hydrogens is 475 g/mol. The topological polar surface area (TPSA) is 98.8 Å². The molecule has 1 saturated heterocycles. The molecule has 1 fully saturated rings. The number of carbonyl (C=O) groups is 2. The van der Waals surface area contributed by atoms with Gasteiger partial charge in [-0.3, -0.25) is 4.79 Å². The molecule has 2 aromatic rings. The van der Waals surface area contributed by atoms with Crippen LogP contribution in [-0.2, 0) is 21.4 Å². The molecule has 1 aliphatic rings. The normalized spacial score (nSPS) is 14.8. The Balaban J connectivity index is 1.45. The maximum absolute atomic E-state index is 12.8. The van der Waals surface area contributed by atoms with E-state index in [0.29, 0.717) is 6.54 Å². The smallest absolute Gasteiger partial charge is 0.315 e. The summed E-state index contributed by atoms with van der Waals surface area (Å²) in [5, 5.41) is 5.68. The lowest BCUT2D eigenvalue weighted by molar-refractivity contribution is -0.131. The molecule has 3 amide bonds. The molecule has 1 heterocycles. The van der Waals surface area contributed by atoms with Gasteiger partial charge < -0.3 is 15.5 Å². The highest BCUT2D eigenvalue weighted by molar-refractivity contribution is 7.89. The fraction of sp³-hybridized carbons (Fsp3) is 0.333. The summed E-state index contributed by atoms with van der Waals surface area (Å²) in [6.07, 6.45) is 0. The van der Waals surface area contributed by atoms with Gasteiger partial charge in [0.25, 0.3) is 0 Å².